The van der Waals surface area contributed by atoms with Crippen molar-refractivity contribution in [1.29, 1.82) is 0 Å². The Hall–Kier alpha value is -1.72. The molecule has 0 unspecified atom stereocenters. The lowest BCUT2D eigenvalue weighted by Crippen LogP contribution is -2.61. The summed E-state index contributed by atoms with van der Waals surface area (Å²) in [5.41, 5.74) is -8.56. The first-order valence-corrected chi connectivity index (χ1v) is 6.12. The third kappa shape index (κ3) is 2.87. The molecule has 0 fully saturated rings. The Bertz CT molecular complexity index is 616. The second-order valence-electron chi connectivity index (χ2n) is 4.16. The van der Waals surface area contributed by atoms with Crippen LogP contribution in [-0.4, -0.2) is 29.9 Å². The third-order valence-electron chi connectivity index (χ3n) is 2.80. The number of halogens is 10. The molecule has 1 aromatic heterocycles. The van der Waals surface area contributed by atoms with Gasteiger partial charge in [-0.1, -0.05) is 11.6 Å². The summed E-state index contributed by atoms with van der Waals surface area (Å²) in [4.78, 5) is 13.6. The second kappa shape index (κ2) is 6.30. The molecular weight excluding hydrogens is 385 g/mol. The molecule has 13 heteroatoms. The Balaban J connectivity index is 4.10. The van der Waals surface area contributed by atoms with Crippen molar-refractivity contribution in [2.24, 2.45) is 0 Å². The standard InChI is InChI=1S/C11H5ClF9NO2/c1-2-24-8(23)9(10(16,17)18,11(19,20)21)3-4(12)6(14)22-7(15)5(3)13/h2H2,1H3. The fourth-order valence-corrected chi connectivity index (χ4v) is 2.10. The van der Waals surface area contributed by atoms with Gasteiger partial charge in [-0.05, 0) is 6.92 Å². The largest absolute Gasteiger partial charge is 0.465 e. The fourth-order valence-electron chi connectivity index (χ4n) is 1.83. The van der Waals surface area contributed by atoms with Gasteiger partial charge in [-0.2, -0.15) is 40.1 Å². The number of carbonyl (C=O) groups is 1. The number of hydrogen-bond donors (Lipinski definition) is 0. The normalized spacial score (nSPS) is 13.1. The zero-order valence-electron chi connectivity index (χ0n) is 11.3. The van der Waals surface area contributed by atoms with E-state index in [4.69, 9.17) is 11.6 Å². The van der Waals surface area contributed by atoms with Crippen molar-refractivity contribution in [2.45, 2.75) is 24.7 Å². The summed E-state index contributed by atoms with van der Waals surface area (Å²) in [5.74, 6) is -10.9. The lowest BCUT2D eigenvalue weighted by molar-refractivity contribution is -0.299. The molecule has 0 aliphatic rings. The van der Waals surface area contributed by atoms with E-state index in [1.807, 2.05) is 0 Å². The van der Waals surface area contributed by atoms with Gasteiger partial charge in [0, 0.05) is 0 Å². The topological polar surface area (TPSA) is 39.2 Å². The van der Waals surface area contributed by atoms with E-state index < -0.39 is 58.6 Å². The molecule has 0 aromatic carbocycles. The molecule has 1 rings (SSSR count). The van der Waals surface area contributed by atoms with Crippen LogP contribution in [0, 0.1) is 17.7 Å². The smallest absolute Gasteiger partial charge is 0.418 e. The maximum absolute atomic E-state index is 13.7. The van der Waals surface area contributed by atoms with Gasteiger partial charge in [0.1, 0.15) is 5.02 Å². The van der Waals surface area contributed by atoms with Gasteiger partial charge in [-0.25, -0.2) is 4.39 Å². The predicted molar refractivity (Wildman–Crippen MR) is 59.5 cm³/mol. The van der Waals surface area contributed by atoms with Gasteiger partial charge in [0.05, 0.1) is 12.2 Å². The number of alkyl halides is 6. The average molecular weight is 390 g/mol. The molecular formula is C11H5ClF9NO2. The lowest BCUT2D eigenvalue weighted by atomic mass is 9.78. The maximum atomic E-state index is 13.7. The van der Waals surface area contributed by atoms with Gasteiger partial charge in [0.2, 0.25) is 5.95 Å². The molecule has 0 aliphatic heterocycles. The van der Waals surface area contributed by atoms with Crippen molar-refractivity contribution in [3.8, 4) is 0 Å². The van der Waals surface area contributed by atoms with Crippen LogP contribution in [0.25, 0.3) is 0 Å². The Morgan fingerprint density at radius 3 is 1.88 bits per heavy atom. The Morgan fingerprint density at radius 1 is 1.04 bits per heavy atom. The summed E-state index contributed by atoms with van der Waals surface area (Å²) >= 11 is 4.96. The summed E-state index contributed by atoms with van der Waals surface area (Å²) < 4.78 is 123. The Kier molecular flexibility index (Phi) is 5.33. The van der Waals surface area contributed by atoms with Crippen LogP contribution in [0.2, 0.25) is 5.02 Å². The molecule has 0 bridgehead atoms. The van der Waals surface area contributed by atoms with Crippen LogP contribution in [0.4, 0.5) is 39.5 Å². The van der Waals surface area contributed by atoms with Crippen LogP contribution in [0.5, 0.6) is 0 Å². The first-order chi connectivity index (χ1) is 10.7. The summed E-state index contributed by atoms with van der Waals surface area (Å²) in [7, 11) is 0. The molecule has 0 aliphatic carbocycles. The zero-order chi connectivity index (χ0) is 19.1. The molecule has 3 nitrogen and oxygen atoms in total. The molecule has 1 heterocycles. The first kappa shape index (κ1) is 20.3. The summed E-state index contributed by atoms with van der Waals surface area (Å²) in [6.07, 6.45) is -13.2. The van der Waals surface area contributed by atoms with E-state index >= 15 is 0 Å². The predicted octanol–water partition coefficient (Wildman–Crippen LogP) is 4.08. The molecule has 0 N–H and O–H groups in total. The molecule has 0 atom stereocenters. The number of rotatable bonds is 3. The number of pyridine rings is 1. The molecule has 0 radical (unpaired) electrons. The van der Waals surface area contributed by atoms with E-state index in [1.165, 1.54) is 0 Å². The number of aromatic nitrogens is 1. The van der Waals surface area contributed by atoms with E-state index in [9.17, 15) is 44.3 Å². The van der Waals surface area contributed by atoms with Crippen LogP contribution in [-0.2, 0) is 14.9 Å². The van der Waals surface area contributed by atoms with Gasteiger partial charge >= 0.3 is 18.3 Å². The summed E-state index contributed by atoms with van der Waals surface area (Å²) in [5, 5.41) is -2.16. The van der Waals surface area contributed by atoms with Crippen molar-refractivity contribution in [3.63, 3.8) is 0 Å². The van der Waals surface area contributed by atoms with E-state index in [1.54, 1.807) is 0 Å². The average Bonchev–Trinajstić information content (AvgIpc) is 2.38. The first-order valence-electron chi connectivity index (χ1n) is 5.74. The Morgan fingerprint density at radius 2 is 1.50 bits per heavy atom. The molecule has 0 saturated heterocycles. The van der Waals surface area contributed by atoms with Crippen LogP contribution in [0.3, 0.4) is 0 Å². The molecule has 24 heavy (non-hydrogen) atoms. The summed E-state index contributed by atoms with van der Waals surface area (Å²) in [6.45, 7) is -0.108. The highest BCUT2D eigenvalue weighted by atomic mass is 35.5. The molecule has 1 aromatic rings. The maximum Gasteiger partial charge on any atom is 0.418 e. The lowest BCUT2D eigenvalue weighted by Gasteiger charge is -2.35. The highest BCUT2D eigenvalue weighted by Crippen LogP contribution is 2.55. The monoisotopic (exact) mass is 389 g/mol. The van der Waals surface area contributed by atoms with Gasteiger partial charge in [0.15, 0.2) is 5.82 Å². The number of ether oxygens (including phenoxy) is 1. The SMILES string of the molecule is CCOC(=O)C(c1c(F)c(F)nc(F)c1Cl)(C(F)(F)F)C(F)(F)F. The number of nitrogens with zero attached hydrogens (tertiary/aromatic N) is 1. The minimum Gasteiger partial charge on any atom is -0.465 e. The molecule has 0 saturated carbocycles. The van der Waals surface area contributed by atoms with Crippen molar-refractivity contribution >= 4 is 17.6 Å². The van der Waals surface area contributed by atoms with Gasteiger partial charge in [-0.3, -0.25) is 4.79 Å². The van der Waals surface area contributed by atoms with Gasteiger partial charge < -0.3 is 4.74 Å². The minimum atomic E-state index is -6.60. The quantitative estimate of drug-likeness (QED) is 0.444. The minimum absolute atomic E-state index is 0.862. The zero-order valence-corrected chi connectivity index (χ0v) is 12.0. The number of carbonyl (C=O) groups excluding carboxylic acids is 1. The third-order valence-corrected chi connectivity index (χ3v) is 3.15. The molecule has 0 spiro atoms. The summed E-state index contributed by atoms with van der Waals surface area (Å²) in [6, 6.07) is 0. The van der Waals surface area contributed by atoms with E-state index in [0.717, 1.165) is 6.92 Å². The van der Waals surface area contributed by atoms with Crippen LogP contribution in [0.15, 0.2) is 0 Å². The van der Waals surface area contributed by atoms with Gasteiger partial charge in [0.25, 0.3) is 11.4 Å². The van der Waals surface area contributed by atoms with E-state index in [-0.39, 0.29) is 0 Å². The highest BCUT2D eigenvalue weighted by molar-refractivity contribution is 6.31. The van der Waals surface area contributed by atoms with Crippen molar-refractivity contribution in [2.75, 3.05) is 6.61 Å². The number of hydrogen-bond acceptors (Lipinski definition) is 3. The van der Waals surface area contributed by atoms with Crippen molar-refractivity contribution < 1.29 is 49.0 Å². The Labute approximate surface area is 132 Å². The molecule has 136 valence electrons. The van der Waals surface area contributed by atoms with Crippen LogP contribution < -0.4 is 0 Å². The number of esters is 1. The van der Waals surface area contributed by atoms with Crippen LogP contribution in [0.1, 0.15) is 12.5 Å². The fraction of sp³-hybridized carbons (Fsp3) is 0.455. The second-order valence-corrected chi connectivity index (χ2v) is 4.54. The molecule has 0 amide bonds. The van der Waals surface area contributed by atoms with Gasteiger partial charge in [-0.15, -0.1) is 0 Å². The van der Waals surface area contributed by atoms with E-state index in [2.05, 4.69) is 9.72 Å². The highest BCUT2D eigenvalue weighted by Gasteiger charge is 2.79. The van der Waals surface area contributed by atoms with Crippen molar-refractivity contribution in [1.82, 2.24) is 4.98 Å². The van der Waals surface area contributed by atoms with Crippen molar-refractivity contribution in [3.05, 3.63) is 28.3 Å². The van der Waals surface area contributed by atoms with Crippen LogP contribution >= 0.6 is 11.6 Å². The van der Waals surface area contributed by atoms with E-state index in [0.29, 0.717) is 0 Å².